The van der Waals surface area contributed by atoms with E-state index in [1.807, 2.05) is 0 Å². The molecule has 2 fully saturated rings. The highest BCUT2D eigenvalue weighted by Crippen LogP contribution is 2.63. The van der Waals surface area contributed by atoms with E-state index >= 15 is 0 Å². The van der Waals surface area contributed by atoms with Crippen LogP contribution in [0.2, 0.25) is 5.15 Å². The van der Waals surface area contributed by atoms with Crippen molar-refractivity contribution in [3.05, 3.63) is 29.0 Å². The summed E-state index contributed by atoms with van der Waals surface area (Å²) in [4.78, 5) is 21.0. The molecule has 0 aliphatic heterocycles. The average Bonchev–Trinajstić information content (AvgIpc) is 2.78. The molecule has 1 aromatic rings. The van der Waals surface area contributed by atoms with E-state index in [1.165, 1.54) is 12.6 Å². The highest BCUT2D eigenvalue weighted by atomic mass is 35.5. The smallest absolute Gasteiger partial charge is 0.313 e. The number of aromatic nitrogens is 1. The van der Waals surface area contributed by atoms with Crippen molar-refractivity contribution in [1.29, 1.82) is 0 Å². The summed E-state index contributed by atoms with van der Waals surface area (Å²) in [6, 6.07) is 3.24. The number of carbonyl (C=O) groups excluding carboxylic acids is 1. The molecule has 2 atom stereocenters. The van der Waals surface area contributed by atoms with Gasteiger partial charge < -0.3 is 4.84 Å². The second kappa shape index (κ2) is 4.80. The van der Waals surface area contributed by atoms with Gasteiger partial charge in [-0.25, -0.2) is 9.78 Å². The van der Waals surface area contributed by atoms with Crippen LogP contribution in [0.5, 0.6) is 0 Å². The molecule has 0 N–H and O–H groups in total. The summed E-state index contributed by atoms with van der Waals surface area (Å²) in [6.45, 7) is 6.80. The summed E-state index contributed by atoms with van der Waals surface area (Å²) < 4.78 is 0. The molecule has 2 aliphatic rings. The summed E-state index contributed by atoms with van der Waals surface area (Å²) in [7, 11) is 0. The molecule has 4 nitrogen and oxygen atoms in total. The van der Waals surface area contributed by atoms with Gasteiger partial charge in [-0.05, 0) is 42.7 Å². The van der Waals surface area contributed by atoms with E-state index < -0.39 is 5.97 Å². The van der Waals surface area contributed by atoms with Crippen molar-refractivity contribution in [3.63, 3.8) is 0 Å². The minimum absolute atomic E-state index is 0.0245. The Hall–Kier alpha value is -1.42. The molecule has 2 bridgehead atoms. The van der Waals surface area contributed by atoms with Crippen molar-refractivity contribution in [2.45, 2.75) is 40.0 Å². The summed E-state index contributed by atoms with van der Waals surface area (Å²) >= 11 is 5.89. The summed E-state index contributed by atoms with van der Waals surface area (Å²) in [6.07, 6.45) is 4.78. The SMILES string of the molecule is CC1(C)[C@@H]2CC[C@]1(C)/C(=N\OC(=O)c1cccnc1Cl)C2. The van der Waals surface area contributed by atoms with Gasteiger partial charge in [-0.3, -0.25) is 0 Å². The highest BCUT2D eigenvalue weighted by molar-refractivity contribution is 6.32. The molecule has 0 spiro atoms. The Labute approximate surface area is 129 Å². The van der Waals surface area contributed by atoms with E-state index in [0.717, 1.165) is 18.6 Å². The molecule has 5 heteroatoms. The van der Waals surface area contributed by atoms with Gasteiger partial charge in [0.15, 0.2) is 0 Å². The first kappa shape index (κ1) is 14.5. The Kier molecular flexibility index (Phi) is 3.32. The number of halogens is 1. The van der Waals surface area contributed by atoms with Crippen molar-refractivity contribution in [2.75, 3.05) is 0 Å². The summed E-state index contributed by atoms with van der Waals surface area (Å²) in [5.41, 5.74) is 1.48. The average molecular weight is 307 g/mol. The monoisotopic (exact) mass is 306 g/mol. The summed E-state index contributed by atoms with van der Waals surface area (Å²) in [5.74, 6) is 0.0757. The molecule has 0 aromatic carbocycles. The Morgan fingerprint density at radius 1 is 1.48 bits per heavy atom. The lowest BCUT2D eigenvalue weighted by Crippen LogP contribution is -2.32. The zero-order chi connectivity index (χ0) is 15.3. The quantitative estimate of drug-likeness (QED) is 0.470. The van der Waals surface area contributed by atoms with E-state index in [2.05, 4.69) is 30.9 Å². The molecule has 0 radical (unpaired) electrons. The fourth-order valence-corrected chi connectivity index (χ4v) is 3.95. The maximum Gasteiger partial charge on any atom is 0.368 e. The minimum Gasteiger partial charge on any atom is -0.313 e. The van der Waals surface area contributed by atoms with E-state index in [4.69, 9.17) is 16.4 Å². The lowest BCUT2D eigenvalue weighted by atomic mass is 9.70. The molecule has 0 saturated heterocycles. The normalized spacial score (nSPS) is 31.6. The van der Waals surface area contributed by atoms with Gasteiger partial charge in [0.2, 0.25) is 0 Å². The van der Waals surface area contributed by atoms with Crippen molar-refractivity contribution >= 4 is 23.3 Å². The van der Waals surface area contributed by atoms with Gasteiger partial charge in [0, 0.05) is 11.6 Å². The Balaban J connectivity index is 1.79. The van der Waals surface area contributed by atoms with Crippen LogP contribution < -0.4 is 0 Å². The molecule has 1 aromatic heterocycles. The molecule has 0 unspecified atom stereocenters. The number of hydrogen-bond acceptors (Lipinski definition) is 4. The van der Waals surface area contributed by atoms with Crippen LogP contribution in [0.4, 0.5) is 0 Å². The van der Waals surface area contributed by atoms with Crippen molar-refractivity contribution in [1.82, 2.24) is 4.98 Å². The van der Waals surface area contributed by atoms with Crippen LogP contribution in [-0.2, 0) is 4.84 Å². The van der Waals surface area contributed by atoms with Gasteiger partial charge in [-0.2, -0.15) is 0 Å². The lowest BCUT2D eigenvalue weighted by Gasteiger charge is -2.34. The molecule has 2 saturated carbocycles. The predicted molar refractivity (Wildman–Crippen MR) is 81.3 cm³/mol. The van der Waals surface area contributed by atoms with E-state index in [9.17, 15) is 4.79 Å². The second-order valence-electron chi connectivity index (χ2n) is 6.75. The zero-order valence-electron chi connectivity index (χ0n) is 12.5. The topological polar surface area (TPSA) is 51.5 Å². The van der Waals surface area contributed by atoms with Crippen LogP contribution in [0.25, 0.3) is 0 Å². The number of carbonyl (C=O) groups is 1. The highest BCUT2D eigenvalue weighted by Gasteiger charge is 2.60. The number of hydrogen-bond donors (Lipinski definition) is 0. The van der Waals surface area contributed by atoms with E-state index in [-0.39, 0.29) is 21.5 Å². The van der Waals surface area contributed by atoms with Crippen molar-refractivity contribution in [2.24, 2.45) is 21.9 Å². The summed E-state index contributed by atoms with van der Waals surface area (Å²) in [5, 5.41) is 4.31. The van der Waals surface area contributed by atoms with Crippen LogP contribution in [0.1, 0.15) is 50.4 Å². The fraction of sp³-hybridized carbons (Fsp3) is 0.562. The third-order valence-corrected chi connectivity index (χ3v) is 6.03. The Bertz CT molecular complexity index is 626. The number of rotatable bonds is 2. The minimum atomic E-state index is -0.551. The zero-order valence-corrected chi connectivity index (χ0v) is 13.3. The first-order chi connectivity index (χ1) is 9.86. The third kappa shape index (κ3) is 2.08. The van der Waals surface area contributed by atoms with Crippen LogP contribution in [0.15, 0.2) is 23.5 Å². The molecule has 112 valence electrons. The molecule has 3 rings (SSSR count). The van der Waals surface area contributed by atoms with Crippen molar-refractivity contribution < 1.29 is 9.63 Å². The van der Waals surface area contributed by atoms with Gasteiger partial charge in [0.1, 0.15) is 5.15 Å². The van der Waals surface area contributed by atoms with Gasteiger partial charge in [-0.1, -0.05) is 37.5 Å². The standard InChI is InChI=1S/C16H19ClN2O2/c1-15(2)10-6-7-16(15,3)12(9-10)19-21-14(20)11-5-4-8-18-13(11)17/h4-5,8,10H,6-7,9H2,1-3H3/b19-12-/t10-,16-/m1/s1. The first-order valence-electron chi connectivity index (χ1n) is 7.25. The van der Waals surface area contributed by atoms with Crippen LogP contribution in [0.3, 0.4) is 0 Å². The van der Waals surface area contributed by atoms with E-state index in [1.54, 1.807) is 12.1 Å². The Morgan fingerprint density at radius 3 is 2.81 bits per heavy atom. The molecule has 1 heterocycles. The van der Waals surface area contributed by atoms with Crippen LogP contribution >= 0.6 is 11.6 Å². The molecule has 21 heavy (non-hydrogen) atoms. The van der Waals surface area contributed by atoms with Gasteiger partial charge >= 0.3 is 5.97 Å². The maximum absolute atomic E-state index is 12.0. The van der Waals surface area contributed by atoms with E-state index in [0.29, 0.717) is 5.92 Å². The molecule has 0 amide bonds. The second-order valence-corrected chi connectivity index (χ2v) is 7.11. The number of fused-ring (bicyclic) bond motifs is 2. The van der Waals surface area contributed by atoms with Gasteiger partial charge in [0.05, 0.1) is 11.3 Å². The van der Waals surface area contributed by atoms with Gasteiger partial charge in [0.25, 0.3) is 0 Å². The third-order valence-electron chi connectivity index (χ3n) is 5.73. The maximum atomic E-state index is 12.0. The van der Waals surface area contributed by atoms with Crippen LogP contribution in [0, 0.1) is 16.7 Å². The number of nitrogens with zero attached hydrogens (tertiary/aromatic N) is 2. The molecular weight excluding hydrogens is 288 g/mol. The van der Waals surface area contributed by atoms with Crippen LogP contribution in [-0.4, -0.2) is 16.7 Å². The van der Waals surface area contributed by atoms with Gasteiger partial charge in [-0.15, -0.1) is 0 Å². The van der Waals surface area contributed by atoms with Crippen molar-refractivity contribution in [3.8, 4) is 0 Å². The fourth-order valence-electron chi connectivity index (χ4n) is 3.75. The first-order valence-corrected chi connectivity index (χ1v) is 7.63. The molecular formula is C16H19ClN2O2. The number of oxime groups is 1. The largest absolute Gasteiger partial charge is 0.368 e. The lowest BCUT2D eigenvalue weighted by molar-refractivity contribution is 0.0508. The molecule has 2 aliphatic carbocycles. The predicted octanol–water partition coefficient (Wildman–Crippen LogP) is 4.09. The number of pyridine rings is 1. The Morgan fingerprint density at radius 2 is 2.24 bits per heavy atom.